The minimum atomic E-state index is -0.658. The molecule has 13 heteroatoms. The fraction of sp³-hybridized carbons (Fsp3) is 0.222. The molecule has 4 atom stereocenters. The number of carbonyl (C=O) groups is 1. The molecular weight excluding hydrogens is 643 g/mol. The maximum Gasteiger partial charge on any atom is 0.271 e. The average Bonchev–Trinajstić information content (AvgIpc) is 3.62. The Bertz CT molecular complexity index is 2040. The van der Waals surface area contributed by atoms with Crippen molar-refractivity contribution in [3.05, 3.63) is 131 Å². The molecule has 1 aliphatic rings. The van der Waals surface area contributed by atoms with Crippen LogP contribution in [0.25, 0.3) is 16.7 Å². The van der Waals surface area contributed by atoms with Crippen molar-refractivity contribution in [1.29, 1.82) is 0 Å². The van der Waals surface area contributed by atoms with Gasteiger partial charge in [-0.05, 0) is 63.5 Å². The Morgan fingerprint density at radius 2 is 1.61 bits per heavy atom. The first-order valence-electron chi connectivity index (χ1n) is 15.7. The van der Waals surface area contributed by atoms with Gasteiger partial charge in [0.15, 0.2) is 6.29 Å². The number of hydrogen-bond donors (Lipinski definition) is 3. The van der Waals surface area contributed by atoms with Gasteiger partial charge in [-0.2, -0.15) is 4.68 Å². The molecule has 6 aromatic rings. The van der Waals surface area contributed by atoms with Gasteiger partial charge in [-0.25, -0.2) is 4.98 Å². The van der Waals surface area contributed by atoms with Crippen molar-refractivity contribution in [2.24, 2.45) is 5.92 Å². The number of phenols is 1. The van der Waals surface area contributed by atoms with Crippen LogP contribution in [0.3, 0.4) is 0 Å². The van der Waals surface area contributed by atoms with Gasteiger partial charge in [0.2, 0.25) is 5.16 Å². The highest BCUT2D eigenvalue weighted by Crippen LogP contribution is 2.43. The van der Waals surface area contributed by atoms with Crippen LogP contribution in [0.2, 0.25) is 0 Å². The Kier molecular flexibility index (Phi) is 9.57. The summed E-state index contributed by atoms with van der Waals surface area (Å²) in [5, 5.41) is 35.0. The van der Waals surface area contributed by atoms with Crippen molar-refractivity contribution in [2.75, 3.05) is 5.75 Å². The molecule has 0 spiro atoms. The predicted octanol–water partition coefficient (Wildman–Crippen LogP) is 5.32. The largest absolute Gasteiger partial charge is 0.508 e. The molecule has 0 saturated carbocycles. The summed E-state index contributed by atoms with van der Waals surface area (Å²) in [5.41, 5.74) is 5.93. The fourth-order valence-corrected chi connectivity index (χ4v) is 6.68. The van der Waals surface area contributed by atoms with Gasteiger partial charge < -0.3 is 25.0 Å². The maximum atomic E-state index is 12.8. The van der Waals surface area contributed by atoms with E-state index < -0.39 is 6.29 Å². The summed E-state index contributed by atoms with van der Waals surface area (Å²) in [6.45, 7) is 2.37. The van der Waals surface area contributed by atoms with E-state index in [-0.39, 0.29) is 42.1 Å². The van der Waals surface area contributed by atoms with E-state index in [0.29, 0.717) is 23.0 Å². The van der Waals surface area contributed by atoms with Crippen LogP contribution >= 0.6 is 11.8 Å². The number of tetrazole rings is 1. The maximum absolute atomic E-state index is 12.8. The topological polar surface area (TPSA) is 157 Å². The molecule has 1 aliphatic heterocycles. The average molecular weight is 676 g/mol. The molecule has 49 heavy (non-hydrogen) atoms. The SMILES string of the molecule is CC1C(CSc2nnnn2-c2ccc(O)cc2)OC(c2ccc(CNC(=O)c3cnc4ccccc4n3)cc2)OC1c1ccc(CO)cc1. The van der Waals surface area contributed by atoms with E-state index in [1.54, 1.807) is 28.9 Å². The molecule has 3 heterocycles. The van der Waals surface area contributed by atoms with Gasteiger partial charge in [0.25, 0.3) is 5.91 Å². The van der Waals surface area contributed by atoms with Crippen molar-refractivity contribution in [3.8, 4) is 11.4 Å². The Hall–Kier alpha value is -5.21. The number of aromatic hydroxyl groups is 1. The van der Waals surface area contributed by atoms with Gasteiger partial charge >= 0.3 is 0 Å². The van der Waals surface area contributed by atoms with Gasteiger partial charge in [-0.1, -0.05) is 79.3 Å². The summed E-state index contributed by atoms with van der Waals surface area (Å²) in [7, 11) is 0. The monoisotopic (exact) mass is 675 g/mol. The smallest absolute Gasteiger partial charge is 0.271 e. The summed E-state index contributed by atoms with van der Waals surface area (Å²) in [4.78, 5) is 21.6. The molecule has 4 aromatic carbocycles. The first kappa shape index (κ1) is 32.3. The van der Waals surface area contributed by atoms with E-state index in [1.165, 1.54) is 18.0 Å². The van der Waals surface area contributed by atoms with Gasteiger partial charge in [0, 0.05) is 23.8 Å². The number of nitrogens with one attached hydrogen (secondary N) is 1. The highest BCUT2D eigenvalue weighted by atomic mass is 32.2. The van der Waals surface area contributed by atoms with E-state index in [9.17, 15) is 15.0 Å². The summed E-state index contributed by atoms with van der Waals surface area (Å²) in [6.07, 6.45) is 0.301. The zero-order chi connectivity index (χ0) is 33.7. The number of fused-ring (bicyclic) bond motifs is 1. The van der Waals surface area contributed by atoms with Crippen LogP contribution in [0, 0.1) is 5.92 Å². The van der Waals surface area contributed by atoms with Crippen molar-refractivity contribution in [2.45, 2.75) is 43.7 Å². The van der Waals surface area contributed by atoms with Crippen LogP contribution in [0.5, 0.6) is 5.75 Å². The molecular formula is C36H33N7O5S. The Morgan fingerprint density at radius 3 is 2.37 bits per heavy atom. The zero-order valence-electron chi connectivity index (χ0n) is 26.5. The van der Waals surface area contributed by atoms with E-state index >= 15 is 0 Å². The molecule has 1 saturated heterocycles. The standard InChI is InChI=1S/C36H33N7O5S/c1-22-32(21-49-36-40-41-42-43(36)27-14-16-28(45)17-15-27)47-35(48-33(22)25-10-8-24(20-44)9-11-25)26-12-6-23(7-13-26)18-38-34(46)31-19-37-29-4-2-3-5-30(29)39-31/h2-17,19,22,32-33,35,44-45H,18,20-21H2,1H3,(H,38,46). The van der Waals surface area contributed by atoms with Crippen molar-refractivity contribution in [1.82, 2.24) is 35.5 Å². The number of aliphatic hydroxyl groups excluding tert-OH is 1. The number of ether oxygens (including phenoxy) is 2. The number of para-hydroxylation sites is 2. The number of carbonyl (C=O) groups excluding carboxylic acids is 1. The van der Waals surface area contributed by atoms with Crippen molar-refractivity contribution < 1.29 is 24.5 Å². The fourth-order valence-electron chi connectivity index (χ4n) is 5.62. The number of amides is 1. The van der Waals surface area contributed by atoms with Gasteiger partial charge in [-0.3, -0.25) is 9.78 Å². The third-order valence-electron chi connectivity index (χ3n) is 8.42. The first-order chi connectivity index (χ1) is 23.9. The Balaban J connectivity index is 1.06. The molecule has 248 valence electrons. The van der Waals surface area contributed by atoms with Crippen LogP contribution in [0.4, 0.5) is 0 Å². The van der Waals surface area contributed by atoms with E-state index in [4.69, 9.17) is 9.47 Å². The minimum absolute atomic E-state index is 0.0329. The molecule has 12 nitrogen and oxygen atoms in total. The molecule has 7 rings (SSSR count). The summed E-state index contributed by atoms with van der Waals surface area (Å²) < 4.78 is 14.8. The lowest BCUT2D eigenvalue weighted by Gasteiger charge is -2.41. The summed E-state index contributed by atoms with van der Waals surface area (Å²) >= 11 is 1.47. The molecule has 1 fully saturated rings. The van der Waals surface area contributed by atoms with Crippen LogP contribution in [-0.4, -0.2) is 58.2 Å². The number of aliphatic hydroxyl groups is 1. The van der Waals surface area contributed by atoms with Crippen LogP contribution < -0.4 is 5.32 Å². The minimum Gasteiger partial charge on any atom is -0.508 e. The second-order valence-electron chi connectivity index (χ2n) is 11.7. The first-order valence-corrected chi connectivity index (χ1v) is 16.7. The quantitative estimate of drug-likeness (QED) is 0.162. The molecule has 0 radical (unpaired) electrons. The van der Waals surface area contributed by atoms with Gasteiger partial charge in [-0.15, -0.1) is 5.10 Å². The molecule has 4 unspecified atom stereocenters. The lowest BCUT2D eigenvalue weighted by atomic mass is 9.91. The van der Waals surface area contributed by atoms with Gasteiger partial charge in [0.1, 0.15) is 11.4 Å². The molecule has 0 bridgehead atoms. The predicted molar refractivity (Wildman–Crippen MR) is 182 cm³/mol. The van der Waals surface area contributed by atoms with E-state index in [0.717, 1.165) is 33.5 Å². The third-order valence-corrected chi connectivity index (χ3v) is 9.43. The van der Waals surface area contributed by atoms with Gasteiger partial charge in [0.05, 0.1) is 41.7 Å². The number of thioether (sulfide) groups is 1. The second kappa shape index (κ2) is 14.5. The lowest BCUT2D eigenvalue weighted by Crippen LogP contribution is -2.38. The van der Waals surface area contributed by atoms with Crippen LogP contribution in [0.1, 0.15) is 52.1 Å². The number of rotatable bonds is 10. The lowest BCUT2D eigenvalue weighted by molar-refractivity contribution is -0.268. The molecule has 2 aromatic heterocycles. The number of benzene rings is 4. The highest BCUT2D eigenvalue weighted by molar-refractivity contribution is 7.99. The van der Waals surface area contributed by atoms with Crippen LogP contribution in [-0.2, 0) is 22.6 Å². The third kappa shape index (κ3) is 7.29. The number of phenolic OH excluding ortho intramolecular Hbond substituents is 1. The molecule has 1 amide bonds. The molecule has 0 aliphatic carbocycles. The van der Waals surface area contributed by atoms with E-state index in [1.807, 2.05) is 72.8 Å². The number of nitrogens with zero attached hydrogens (tertiary/aromatic N) is 6. The Labute approximate surface area is 286 Å². The van der Waals surface area contributed by atoms with E-state index in [2.05, 4.69) is 37.7 Å². The second-order valence-corrected chi connectivity index (χ2v) is 12.7. The molecule has 3 N–H and O–H groups in total. The highest BCUT2D eigenvalue weighted by Gasteiger charge is 2.38. The van der Waals surface area contributed by atoms with Crippen molar-refractivity contribution >= 4 is 28.7 Å². The Morgan fingerprint density at radius 1 is 0.898 bits per heavy atom. The number of hydrogen-bond acceptors (Lipinski definition) is 11. The normalized spacial score (nSPS) is 19.1. The number of aromatic nitrogens is 6. The van der Waals surface area contributed by atoms with Crippen LogP contribution in [0.15, 0.2) is 108 Å². The summed E-state index contributed by atoms with van der Waals surface area (Å²) in [5.74, 6) is 0.372. The zero-order valence-corrected chi connectivity index (χ0v) is 27.3. The van der Waals surface area contributed by atoms with Crippen molar-refractivity contribution in [3.63, 3.8) is 0 Å². The summed E-state index contributed by atoms with van der Waals surface area (Å²) in [6, 6.07) is 29.6.